The van der Waals surface area contributed by atoms with Gasteiger partial charge in [-0.3, -0.25) is 0 Å². The molecule has 0 bridgehead atoms. The van der Waals surface area contributed by atoms with E-state index in [-0.39, 0.29) is 0 Å². The predicted molar refractivity (Wildman–Crippen MR) is 65.9 cm³/mol. The van der Waals surface area contributed by atoms with Crippen LogP contribution in [0, 0.1) is 17.8 Å². The number of nitrogens with one attached hydrogen (secondary N) is 1. The van der Waals surface area contributed by atoms with E-state index in [1.54, 1.807) is 0 Å². The molecule has 0 saturated heterocycles. The van der Waals surface area contributed by atoms with Crippen LogP contribution in [0.15, 0.2) is 0 Å². The monoisotopic (exact) mass is 209 g/mol. The highest BCUT2D eigenvalue weighted by atomic mass is 15.0. The van der Waals surface area contributed by atoms with Gasteiger partial charge in [-0.05, 0) is 49.9 Å². The van der Waals surface area contributed by atoms with Gasteiger partial charge in [0.25, 0.3) is 0 Å². The first-order valence-corrected chi connectivity index (χ1v) is 6.93. The van der Waals surface area contributed by atoms with Gasteiger partial charge >= 0.3 is 0 Å². The van der Waals surface area contributed by atoms with Gasteiger partial charge in [-0.15, -0.1) is 0 Å². The Morgan fingerprint density at radius 3 is 2.20 bits per heavy atom. The highest BCUT2D eigenvalue weighted by Crippen LogP contribution is 2.32. The molecule has 0 aromatic carbocycles. The molecular formula is C14H27N. The summed E-state index contributed by atoms with van der Waals surface area (Å²) in [5, 5.41) is 3.92. The molecular weight excluding hydrogens is 182 g/mol. The molecule has 2 aliphatic rings. The average molecular weight is 209 g/mol. The van der Waals surface area contributed by atoms with Gasteiger partial charge in [0.05, 0.1) is 0 Å². The van der Waals surface area contributed by atoms with Gasteiger partial charge in [0.1, 0.15) is 0 Å². The lowest BCUT2D eigenvalue weighted by atomic mass is 9.79. The van der Waals surface area contributed by atoms with Gasteiger partial charge in [0, 0.05) is 12.1 Å². The standard InChI is InChI=1S/C14H27N/c1-10-7-8-13(9-12(10)3)15-14-6-4-5-11(14)2/h10-15H,4-9H2,1-3H3. The van der Waals surface area contributed by atoms with Crippen molar-refractivity contribution >= 4 is 0 Å². The molecule has 1 N–H and O–H groups in total. The van der Waals surface area contributed by atoms with Crippen molar-refractivity contribution in [3.63, 3.8) is 0 Å². The first-order valence-electron chi connectivity index (χ1n) is 6.93. The summed E-state index contributed by atoms with van der Waals surface area (Å²) in [5.74, 6) is 2.79. The smallest absolute Gasteiger partial charge is 0.00952 e. The molecule has 0 aromatic heterocycles. The Labute approximate surface area is 95.0 Å². The second kappa shape index (κ2) is 4.86. The van der Waals surface area contributed by atoms with Crippen LogP contribution >= 0.6 is 0 Å². The Kier molecular flexibility index (Phi) is 3.71. The maximum Gasteiger partial charge on any atom is 0.00952 e. The zero-order valence-corrected chi connectivity index (χ0v) is 10.6. The summed E-state index contributed by atoms with van der Waals surface area (Å²) < 4.78 is 0. The minimum atomic E-state index is 0.821. The topological polar surface area (TPSA) is 12.0 Å². The van der Waals surface area contributed by atoms with Crippen LogP contribution in [0.5, 0.6) is 0 Å². The van der Waals surface area contributed by atoms with Gasteiger partial charge in [0.2, 0.25) is 0 Å². The van der Waals surface area contributed by atoms with Crippen molar-refractivity contribution in [1.82, 2.24) is 5.32 Å². The van der Waals surface area contributed by atoms with Crippen LogP contribution in [-0.4, -0.2) is 12.1 Å². The van der Waals surface area contributed by atoms with Crippen LogP contribution in [0.1, 0.15) is 59.3 Å². The third kappa shape index (κ3) is 2.75. The quantitative estimate of drug-likeness (QED) is 0.733. The SMILES string of the molecule is CC1CCC(NC2CCCC2C)CC1C. The lowest BCUT2D eigenvalue weighted by Crippen LogP contribution is -2.43. The van der Waals surface area contributed by atoms with Crippen LogP contribution in [0.3, 0.4) is 0 Å². The molecule has 2 rings (SSSR count). The van der Waals surface area contributed by atoms with Gasteiger partial charge in [-0.2, -0.15) is 0 Å². The summed E-state index contributed by atoms with van der Waals surface area (Å²) in [6.45, 7) is 7.26. The first kappa shape index (κ1) is 11.4. The summed E-state index contributed by atoms with van der Waals surface area (Å²) in [7, 11) is 0. The minimum absolute atomic E-state index is 0.821. The van der Waals surface area contributed by atoms with Crippen LogP contribution in [0.4, 0.5) is 0 Å². The largest absolute Gasteiger partial charge is 0.311 e. The maximum absolute atomic E-state index is 3.92. The molecule has 0 radical (unpaired) electrons. The van der Waals surface area contributed by atoms with E-state index in [0.29, 0.717) is 0 Å². The molecule has 5 unspecified atom stereocenters. The van der Waals surface area contributed by atoms with E-state index in [2.05, 4.69) is 26.1 Å². The van der Waals surface area contributed by atoms with Gasteiger partial charge in [-0.25, -0.2) is 0 Å². The highest BCUT2D eigenvalue weighted by Gasteiger charge is 2.29. The Bertz CT molecular complexity index is 202. The van der Waals surface area contributed by atoms with Crippen molar-refractivity contribution in [1.29, 1.82) is 0 Å². The Morgan fingerprint density at radius 2 is 1.60 bits per heavy atom. The fourth-order valence-electron chi connectivity index (χ4n) is 3.39. The first-order chi connectivity index (χ1) is 7.16. The van der Waals surface area contributed by atoms with Crippen molar-refractivity contribution in [2.45, 2.75) is 71.4 Å². The van der Waals surface area contributed by atoms with Gasteiger partial charge in [-0.1, -0.05) is 27.2 Å². The number of hydrogen-bond donors (Lipinski definition) is 1. The molecule has 0 spiro atoms. The predicted octanol–water partition coefficient (Wildman–Crippen LogP) is 3.59. The van der Waals surface area contributed by atoms with Crippen LogP contribution in [-0.2, 0) is 0 Å². The number of rotatable bonds is 2. The lowest BCUT2D eigenvalue weighted by molar-refractivity contribution is 0.207. The lowest BCUT2D eigenvalue weighted by Gasteiger charge is -2.35. The van der Waals surface area contributed by atoms with Gasteiger partial charge < -0.3 is 5.32 Å². The normalized spacial score (nSPS) is 47.0. The maximum atomic E-state index is 3.92. The van der Waals surface area contributed by atoms with Gasteiger partial charge in [0.15, 0.2) is 0 Å². The summed E-state index contributed by atoms with van der Waals surface area (Å²) in [6, 6.07) is 1.65. The molecule has 0 aromatic rings. The van der Waals surface area contributed by atoms with E-state index in [4.69, 9.17) is 0 Å². The van der Waals surface area contributed by atoms with Crippen molar-refractivity contribution in [3.8, 4) is 0 Å². The molecule has 88 valence electrons. The van der Waals surface area contributed by atoms with Crippen LogP contribution in [0.25, 0.3) is 0 Å². The van der Waals surface area contributed by atoms with E-state index < -0.39 is 0 Å². The minimum Gasteiger partial charge on any atom is -0.311 e. The van der Waals surface area contributed by atoms with Crippen molar-refractivity contribution < 1.29 is 0 Å². The fourth-order valence-corrected chi connectivity index (χ4v) is 3.39. The fraction of sp³-hybridized carbons (Fsp3) is 1.00. The molecule has 1 nitrogen and oxygen atoms in total. The molecule has 0 heterocycles. The Balaban J connectivity index is 1.80. The zero-order chi connectivity index (χ0) is 10.8. The van der Waals surface area contributed by atoms with E-state index in [9.17, 15) is 0 Å². The van der Waals surface area contributed by atoms with Crippen molar-refractivity contribution in [3.05, 3.63) is 0 Å². The Morgan fingerprint density at radius 1 is 0.800 bits per heavy atom. The molecule has 0 amide bonds. The summed E-state index contributed by atoms with van der Waals surface area (Å²) >= 11 is 0. The van der Waals surface area contributed by atoms with E-state index in [1.807, 2.05) is 0 Å². The summed E-state index contributed by atoms with van der Waals surface area (Å²) in [5.41, 5.74) is 0. The molecule has 2 saturated carbocycles. The van der Waals surface area contributed by atoms with E-state index in [1.165, 1.54) is 38.5 Å². The molecule has 2 fully saturated rings. The third-order valence-corrected chi connectivity index (χ3v) is 4.91. The summed E-state index contributed by atoms with van der Waals surface area (Å²) in [6.07, 6.45) is 8.55. The third-order valence-electron chi connectivity index (χ3n) is 4.91. The zero-order valence-electron chi connectivity index (χ0n) is 10.6. The average Bonchev–Trinajstić information content (AvgIpc) is 2.59. The number of hydrogen-bond acceptors (Lipinski definition) is 1. The highest BCUT2D eigenvalue weighted by molar-refractivity contribution is 4.87. The molecule has 15 heavy (non-hydrogen) atoms. The molecule has 5 atom stereocenters. The Hall–Kier alpha value is -0.0400. The van der Waals surface area contributed by atoms with E-state index in [0.717, 1.165) is 29.8 Å². The van der Waals surface area contributed by atoms with E-state index >= 15 is 0 Å². The van der Waals surface area contributed by atoms with Crippen LogP contribution < -0.4 is 5.32 Å². The molecule has 1 heteroatoms. The van der Waals surface area contributed by atoms with Crippen molar-refractivity contribution in [2.75, 3.05) is 0 Å². The second-order valence-corrected chi connectivity index (χ2v) is 6.15. The molecule has 0 aliphatic heterocycles. The van der Waals surface area contributed by atoms with Crippen LogP contribution in [0.2, 0.25) is 0 Å². The van der Waals surface area contributed by atoms with Crippen molar-refractivity contribution in [2.24, 2.45) is 17.8 Å². The summed E-state index contributed by atoms with van der Waals surface area (Å²) in [4.78, 5) is 0. The second-order valence-electron chi connectivity index (χ2n) is 6.15. The molecule has 2 aliphatic carbocycles.